The second kappa shape index (κ2) is 7.72. The van der Waals surface area contributed by atoms with Gasteiger partial charge in [0.1, 0.15) is 0 Å². The molecule has 0 fully saturated rings. The minimum atomic E-state index is -0.102. The third-order valence-corrected chi connectivity index (χ3v) is 5.49. The lowest BCUT2D eigenvalue weighted by Gasteiger charge is -2.09. The summed E-state index contributed by atoms with van der Waals surface area (Å²) in [5, 5.41) is 3.61. The van der Waals surface area contributed by atoms with Gasteiger partial charge in [0, 0.05) is 5.56 Å². The lowest BCUT2D eigenvalue weighted by Crippen LogP contribution is -2.14. The van der Waals surface area contributed by atoms with Crippen LogP contribution < -0.4 is 5.32 Å². The highest BCUT2D eigenvalue weighted by Gasteiger charge is 2.13. The minimum Gasteiger partial charge on any atom is -0.298 e. The van der Waals surface area contributed by atoms with Crippen LogP contribution in [0.3, 0.4) is 0 Å². The van der Waals surface area contributed by atoms with E-state index in [-0.39, 0.29) is 5.91 Å². The fourth-order valence-corrected chi connectivity index (χ4v) is 4.09. The molecule has 0 spiro atoms. The van der Waals surface area contributed by atoms with Gasteiger partial charge in [-0.2, -0.15) is 0 Å². The first-order valence-corrected chi connectivity index (χ1v) is 9.81. The van der Waals surface area contributed by atoms with Crippen molar-refractivity contribution in [1.29, 1.82) is 0 Å². The van der Waals surface area contributed by atoms with E-state index < -0.39 is 0 Å². The lowest BCUT2D eigenvalue weighted by atomic mass is 9.99. The summed E-state index contributed by atoms with van der Waals surface area (Å²) in [6.45, 7) is 2.06. The second-order valence-corrected chi connectivity index (χ2v) is 7.62. The van der Waals surface area contributed by atoms with Gasteiger partial charge in [-0.3, -0.25) is 10.1 Å². The van der Waals surface area contributed by atoms with Gasteiger partial charge in [0.05, 0.1) is 10.2 Å². The monoisotopic (exact) mass is 372 g/mol. The summed E-state index contributed by atoms with van der Waals surface area (Å²) in [5.74, 6) is -0.102. The average Bonchev–Trinajstić information content (AvgIpc) is 3.08. The maximum absolute atomic E-state index is 12.8. The first kappa shape index (κ1) is 17.4. The summed E-state index contributed by atoms with van der Waals surface area (Å²) in [5.41, 5.74) is 5.14. The number of carbonyl (C=O) groups excluding carboxylic acids is 1. The highest BCUT2D eigenvalue weighted by molar-refractivity contribution is 7.22. The van der Waals surface area contributed by atoms with E-state index in [1.807, 2.05) is 54.6 Å². The van der Waals surface area contributed by atoms with Crippen LogP contribution in [0.4, 0.5) is 5.13 Å². The third-order valence-electron chi connectivity index (χ3n) is 4.55. The van der Waals surface area contributed by atoms with Crippen molar-refractivity contribution in [3.8, 4) is 0 Å². The zero-order valence-electron chi connectivity index (χ0n) is 15.1. The van der Waals surface area contributed by atoms with Crippen molar-refractivity contribution in [2.45, 2.75) is 19.8 Å². The molecule has 3 nitrogen and oxygen atoms in total. The molecule has 1 N–H and O–H groups in total. The Kier molecular flexibility index (Phi) is 4.99. The number of thiazole rings is 1. The van der Waals surface area contributed by atoms with Crippen molar-refractivity contribution < 1.29 is 4.79 Å². The molecule has 0 bridgehead atoms. The van der Waals surface area contributed by atoms with Crippen molar-refractivity contribution in [3.63, 3.8) is 0 Å². The third kappa shape index (κ3) is 4.07. The zero-order chi connectivity index (χ0) is 18.6. The average molecular weight is 372 g/mol. The van der Waals surface area contributed by atoms with Crippen LogP contribution in [0, 0.1) is 6.92 Å². The number of hydrogen-bond acceptors (Lipinski definition) is 3. The molecule has 0 atom stereocenters. The van der Waals surface area contributed by atoms with Gasteiger partial charge in [-0.15, -0.1) is 0 Å². The van der Waals surface area contributed by atoms with Crippen LogP contribution in [0.15, 0.2) is 72.8 Å². The molecule has 0 aliphatic heterocycles. The summed E-state index contributed by atoms with van der Waals surface area (Å²) in [6, 6.07) is 24.3. The topological polar surface area (TPSA) is 42.0 Å². The first-order chi connectivity index (χ1) is 13.2. The number of rotatable bonds is 5. The van der Waals surface area contributed by atoms with Gasteiger partial charge in [-0.05, 0) is 54.7 Å². The van der Waals surface area contributed by atoms with Crippen LogP contribution in [0.25, 0.3) is 10.2 Å². The minimum absolute atomic E-state index is 0.102. The number of hydrogen-bond donors (Lipinski definition) is 1. The number of aryl methyl sites for hydroxylation is 3. The fraction of sp³-hybridized carbons (Fsp3) is 0.130. The second-order valence-electron chi connectivity index (χ2n) is 6.59. The van der Waals surface area contributed by atoms with Crippen molar-refractivity contribution in [2.24, 2.45) is 0 Å². The number of amides is 1. The summed E-state index contributed by atoms with van der Waals surface area (Å²) in [6.07, 6.45) is 1.73. The summed E-state index contributed by atoms with van der Waals surface area (Å²) in [4.78, 5) is 17.4. The Morgan fingerprint density at radius 1 is 0.963 bits per heavy atom. The van der Waals surface area contributed by atoms with Crippen molar-refractivity contribution >= 4 is 32.6 Å². The van der Waals surface area contributed by atoms with Crippen LogP contribution in [-0.2, 0) is 12.8 Å². The Balaban J connectivity index is 1.52. The molecular formula is C23H20N2OS. The Morgan fingerprint density at radius 3 is 2.59 bits per heavy atom. The first-order valence-electron chi connectivity index (χ1n) is 8.99. The molecule has 1 amide bonds. The number of carbonyl (C=O) groups is 1. The van der Waals surface area contributed by atoms with E-state index in [1.54, 1.807) is 0 Å². The van der Waals surface area contributed by atoms with Crippen molar-refractivity contribution in [2.75, 3.05) is 5.32 Å². The maximum atomic E-state index is 12.8. The van der Waals surface area contributed by atoms with E-state index >= 15 is 0 Å². The molecule has 4 rings (SSSR count). The molecule has 0 saturated carbocycles. The highest BCUT2D eigenvalue weighted by atomic mass is 32.1. The van der Waals surface area contributed by atoms with Crippen molar-refractivity contribution in [3.05, 3.63) is 95.1 Å². The van der Waals surface area contributed by atoms with E-state index in [4.69, 9.17) is 0 Å². The molecule has 3 aromatic carbocycles. The highest BCUT2D eigenvalue weighted by Crippen LogP contribution is 2.27. The Labute approximate surface area is 162 Å². The molecule has 27 heavy (non-hydrogen) atoms. The number of nitrogens with one attached hydrogen (secondary N) is 1. The molecule has 1 heterocycles. The summed E-state index contributed by atoms with van der Waals surface area (Å²) >= 11 is 1.51. The number of nitrogens with zero attached hydrogens (tertiary/aromatic N) is 1. The van der Waals surface area contributed by atoms with Crippen LogP contribution >= 0.6 is 11.3 Å². The summed E-state index contributed by atoms with van der Waals surface area (Å²) in [7, 11) is 0. The quantitative estimate of drug-likeness (QED) is 0.492. The van der Waals surface area contributed by atoms with E-state index in [2.05, 4.69) is 35.4 Å². The lowest BCUT2D eigenvalue weighted by molar-refractivity contribution is 0.102. The van der Waals surface area contributed by atoms with Crippen LogP contribution in [0.1, 0.15) is 27.0 Å². The standard InChI is InChI=1S/C23H20N2OS/c1-16-11-14-20-21(15-16)27-23(24-20)25-22(26)19-10-6-5-9-18(19)13-12-17-7-3-2-4-8-17/h2-11,14-15H,12-13H2,1H3,(H,24,25,26). The van der Waals surface area contributed by atoms with Gasteiger partial charge in [0.2, 0.25) is 0 Å². The van der Waals surface area contributed by atoms with Gasteiger partial charge in [0.15, 0.2) is 5.13 Å². The van der Waals surface area contributed by atoms with Gasteiger partial charge >= 0.3 is 0 Å². The van der Waals surface area contributed by atoms with Gasteiger partial charge in [-0.1, -0.05) is 65.9 Å². The smallest absolute Gasteiger partial charge is 0.257 e. The fourth-order valence-electron chi connectivity index (χ4n) is 3.13. The maximum Gasteiger partial charge on any atom is 0.257 e. The van der Waals surface area contributed by atoms with Crippen LogP contribution in [0.5, 0.6) is 0 Å². The molecular weight excluding hydrogens is 352 g/mol. The van der Waals surface area contributed by atoms with Gasteiger partial charge in [0.25, 0.3) is 5.91 Å². The Morgan fingerprint density at radius 2 is 1.74 bits per heavy atom. The molecule has 0 aliphatic rings. The van der Waals surface area contributed by atoms with Crippen LogP contribution in [-0.4, -0.2) is 10.9 Å². The van der Waals surface area contributed by atoms with Crippen molar-refractivity contribution in [1.82, 2.24) is 4.98 Å². The largest absolute Gasteiger partial charge is 0.298 e. The number of fused-ring (bicyclic) bond motifs is 1. The van der Waals surface area contributed by atoms with E-state index in [0.29, 0.717) is 10.7 Å². The van der Waals surface area contributed by atoms with Crippen LogP contribution in [0.2, 0.25) is 0 Å². The molecule has 0 unspecified atom stereocenters. The molecule has 0 saturated heterocycles. The number of anilines is 1. The molecule has 1 aromatic heterocycles. The van der Waals surface area contributed by atoms with E-state index in [9.17, 15) is 4.79 Å². The Bertz CT molecular complexity index is 1090. The molecule has 4 aromatic rings. The Hall–Kier alpha value is -2.98. The molecule has 134 valence electrons. The van der Waals surface area contributed by atoms with E-state index in [1.165, 1.54) is 22.5 Å². The van der Waals surface area contributed by atoms with E-state index in [0.717, 1.165) is 28.6 Å². The number of benzene rings is 3. The number of aromatic nitrogens is 1. The molecule has 0 radical (unpaired) electrons. The predicted octanol–water partition coefficient (Wildman–Crippen LogP) is 5.64. The zero-order valence-corrected chi connectivity index (χ0v) is 15.9. The van der Waals surface area contributed by atoms with Gasteiger partial charge in [-0.25, -0.2) is 4.98 Å². The predicted molar refractivity (Wildman–Crippen MR) is 113 cm³/mol. The summed E-state index contributed by atoms with van der Waals surface area (Å²) < 4.78 is 1.09. The van der Waals surface area contributed by atoms with Gasteiger partial charge < -0.3 is 0 Å². The normalized spacial score (nSPS) is 10.9. The molecule has 0 aliphatic carbocycles. The molecule has 4 heteroatoms. The SMILES string of the molecule is Cc1ccc2nc(NC(=O)c3ccccc3CCc3ccccc3)sc2c1.